The van der Waals surface area contributed by atoms with Crippen molar-refractivity contribution in [1.82, 2.24) is 5.32 Å². The Labute approximate surface area is 151 Å². The van der Waals surface area contributed by atoms with E-state index in [1.807, 2.05) is 0 Å². The van der Waals surface area contributed by atoms with E-state index in [2.05, 4.69) is 5.32 Å². The molecule has 0 saturated carbocycles. The molecule has 2 aromatic carbocycles. The summed E-state index contributed by atoms with van der Waals surface area (Å²) in [5.41, 5.74) is 1.58. The third kappa shape index (κ3) is 4.78. The van der Waals surface area contributed by atoms with Gasteiger partial charge in [-0.15, -0.1) is 0 Å². The van der Waals surface area contributed by atoms with Crippen molar-refractivity contribution in [3.63, 3.8) is 0 Å². The average Bonchev–Trinajstić information content (AvgIpc) is 2.64. The maximum atomic E-state index is 13.3. The summed E-state index contributed by atoms with van der Waals surface area (Å²) >= 11 is 5.86. The molecule has 0 aromatic heterocycles. The van der Waals surface area contributed by atoms with Gasteiger partial charge in [-0.1, -0.05) is 23.7 Å². The lowest BCUT2D eigenvalue weighted by Crippen LogP contribution is -3.15. The highest BCUT2D eigenvalue weighted by Crippen LogP contribution is 2.12. The molecule has 1 saturated heterocycles. The van der Waals surface area contributed by atoms with Crippen LogP contribution in [-0.4, -0.2) is 38.8 Å². The van der Waals surface area contributed by atoms with Gasteiger partial charge in [0, 0.05) is 16.1 Å². The highest BCUT2D eigenvalue weighted by molar-refractivity contribution is 6.30. The smallest absolute Gasteiger partial charge is 0.251 e. The minimum atomic E-state index is -0.260. The minimum absolute atomic E-state index is 0.0563. The molecule has 132 valence electrons. The van der Waals surface area contributed by atoms with Crippen molar-refractivity contribution in [2.24, 2.45) is 0 Å². The number of hydrogen-bond acceptors (Lipinski definition) is 2. The Balaban J connectivity index is 1.71. The normalized spacial score (nSPS) is 16.4. The van der Waals surface area contributed by atoms with Gasteiger partial charge in [-0.3, -0.25) is 4.79 Å². The minimum Gasteiger partial charge on any atom is -0.370 e. The number of hydrogen-bond donors (Lipinski definition) is 2. The van der Waals surface area contributed by atoms with Crippen LogP contribution in [0.2, 0.25) is 5.02 Å². The number of carbonyl (C=O) groups is 1. The average molecular weight is 364 g/mol. The molecule has 2 aromatic rings. The van der Waals surface area contributed by atoms with Gasteiger partial charge in [0.2, 0.25) is 0 Å². The molecule has 6 heteroatoms. The van der Waals surface area contributed by atoms with Crippen LogP contribution >= 0.6 is 11.6 Å². The SMILES string of the molecule is O=C(NC[C@@H](c1ccc(F)cc1)[NH+]1CCOCC1)c1ccc(Cl)cc1. The van der Waals surface area contributed by atoms with Gasteiger partial charge in [0.25, 0.3) is 5.91 Å². The van der Waals surface area contributed by atoms with E-state index in [4.69, 9.17) is 16.3 Å². The lowest BCUT2D eigenvalue weighted by atomic mass is 10.0. The van der Waals surface area contributed by atoms with Gasteiger partial charge in [0.1, 0.15) is 24.9 Å². The van der Waals surface area contributed by atoms with Crippen LogP contribution in [0.4, 0.5) is 4.39 Å². The Morgan fingerprint density at radius 1 is 1.12 bits per heavy atom. The van der Waals surface area contributed by atoms with Gasteiger partial charge in [-0.05, 0) is 36.4 Å². The molecule has 3 rings (SSSR count). The fraction of sp³-hybridized carbons (Fsp3) is 0.316. The summed E-state index contributed by atoms with van der Waals surface area (Å²) in [7, 11) is 0. The Morgan fingerprint density at radius 3 is 2.40 bits per heavy atom. The number of ether oxygens (including phenoxy) is 1. The molecule has 0 unspecified atom stereocenters. The molecule has 0 bridgehead atoms. The number of carbonyl (C=O) groups excluding carboxylic acids is 1. The maximum Gasteiger partial charge on any atom is 0.251 e. The Bertz CT molecular complexity index is 700. The first-order valence-electron chi connectivity index (χ1n) is 8.35. The topological polar surface area (TPSA) is 42.8 Å². The third-order valence-electron chi connectivity index (χ3n) is 4.47. The molecule has 2 N–H and O–H groups in total. The zero-order valence-electron chi connectivity index (χ0n) is 13.8. The molecule has 1 aliphatic rings. The predicted octanol–water partition coefficient (Wildman–Crippen LogP) is 1.87. The van der Waals surface area contributed by atoms with Gasteiger partial charge in [-0.25, -0.2) is 4.39 Å². The van der Waals surface area contributed by atoms with Crippen LogP contribution in [0, 0.1) is 5.82 Å². The molecule has 25 heavy (non-hydrogen) atoms. The fourth-order valence-electron chi connectivity index (χ4n) is 3.07. The number of nitrogens with one attached hydrogen (secondary N) is 2. The fourth-order valence-corrected chi connectivity index (χ4v) is 3.20. The zero-order chi connectivity index (χ0) is 17.6. The molecule has 1 atom stereocenters. The summed E-state index contributed by atoms with van der Waals surface area (Å²) in [5, 5.41) is 3.59. The molecule has 0 aliphatic carbocycles. The predicted molar refractivity (Wildman–Crippen MR) is 94.4 cm³/mol. The van der Waals surface area contributed by atoms with E-state index >= 15 is 0 Å². The Kier molecular flexibility index (Phi) is 6.02. The van der Waals surface area contributed by atoms with Gasteiger partial charge in [0.15, 0.2) is 0 Å². The van der Waals surface area contributed by atoms with Crippen LogP contribution in [0.1, 0.15) is 22.0 Å². The van der Waals surface area contributed by atoms with Gasteiger partial charge in [0.05, 0.1) is 19.8 Å². The van der Waals surface area contributed by atoms with E-state index in [0.717, 1.165) is 18.7 Å². The second kappa shape index (κ2) is 8.43. The summed E-state index contributed by atoms with van der Waals surface area (Å²) in [5.74, 6) is -0.402. The number of quaternary nitrogens is 1. The highest BCUT2D eigenvalue weighted by Gasteiger charge is 2.27. The number of amides is 1. The number of morpholine rings is 1. The van der Waals surface area contributed by atoms with Crippen molar-refractivity contribution in [1.29, 1.82) is 0 Å². The largest absolute Gasteiger partial charge is 0.370 e. The van der Waals surface area contributed by atoms with Crippen molar-refractivity contribution in [2.45, 2.75) is 6.04 Å². The molecule has 4 nitrogen and oxygen atoms in total. The highest BCUT2D eigenvalue weighted by atomic mass is 35.5. The Morgan fingerprint density at radius 2 is 1.76 bits per heavy atom. The standard InChI is InChI=1S/C19H20ClFN2O2/c20-16-5-1-15(2-6-16)19(24)22-13-18(23-9-11-25-12-10-23)14-3-7-17(21)8-4-14/h1-8,18H,9-13H2,(H,22,24)/p+1/t18-/m0/s1. The molecule has 1 amide bonds. The van der Waals surface area contributed by atoms with Crippen LogP contribution < -0.4 is 10.2 Å². The first kappa shape index (κ1) is 17.9. The molecular weight excluding hydrogens is 343 g/mol. The van der Waals surface area contributed by atoms with Gasteiger partial charge >= 0.3 is 0 Å². The lowest BCUT2D eigenvalue weighted by molar-refractivity contribution is -0.937. The van der Waals surface area contributed by atoms with Crippen LogP contribution in [0.3, 0.4) is 0 Å². The van der Waals surface area contributed by atoms with E-state index in [1.165, 1.54) is 17.0 Å². The first-order chi connectivity index (χ1) is 12.1. The molecule has 0 radical (unpaired) electrons. The maximum absolute atomic E-state index is 13.3. The van der Waals surface area contributed by atoms with E-state index in [9.17, 15) is 9.18 Å². The van der Waals surface area contributed by atoms with Crippen molar-refractivity contribution in [2.75, 3.05) is 32.8 Å². The molecule has 1 fully saturated rings. The number of rotatable bonds is 5. The van der Waals surface area contributed by atoms with E-state index in [0.29, 0.717) is 30.3 Å². The van der Waals surface area contributed by atoms with Gasteiger partial charge < -0.3 is 15.0 Å². The summed E-state index contributed by atoms with van der Waals surface area (Å²) in [6.07, 6.45) is 0. The number of halogens is 2. The van der Waals surface area contributed by atoms with E-state index < -0.39 is 0 Å². The second-order valence-corrected chi connectivity index (χ2v) is 6.53. The van der Waals surface area contributed by atoms with Crippen molar-refractivity contribution in [3.8, 4) is 0 Å². The third-order valence-corrected chi connectivity index (χ3v) is 4.73. The number of benzene rings is 2. The summed E-state index contributed by atoms with van der Waals surface area (Å²) < 4.78 is 18.7. The van der Waals surface area contributed by atoms with Crippen molar-refractivity contribution >= 4 is 17.5 Å². The van der Waals surface area contributed by atoms with Crippen molar-refractivity contribution in [3.05, 3.63) is 70.5 Å². The molecule has 0 spiro atoms. The van der Waals surface area contributed by atoms with Crippen LogP contribution in [0.25, 0.3) is 0 Å². The van der Waals surface area contributed by atoms with Crippen LogP contribution in [-0.2, 0) is 4.74 Å². The van der Waals surface area contributed by atoms with Crippen LogP contribution in [0.15, 0.2) is 48.5 Å². The van der Waals surface area contributed by atoms with Crippen molar-refractivity contribution < 1.29 is 18.8 Å². The van der Waals surface area contributed by atoms with Gasteiger partial charge in [-0.2, -0.15) is 0 Å². The summed E-state index contributed by atoms with van der Waals surface area (Å²) in [4.78, 5) is 13.7. The molecule has 1 aliphatic heterocycles. The summed E-state index contributed by atoms with van der Waals surface area (Å²) in [6.45, 7) is 3.58. The monoisotopic (exact) mass is 363 g/mol. The second-order valence-electron chi connectivity index (χ2n) is 6.09. The zero-order valence-corrected chi connectivity index (χ0v) is 14.6. The lowest BCUT2D eigenvalue weighted by Gasteiger charge is -2.32. The first-order valence-corrected chi connectivity index (χ1v) is 8.73. The summed E-state index contributed by atoms with van der Waals surface area (Å²) in [6, 6.07) is 13.3. The van der Waals surface area contributed by atoms with Crippen LogP contribution in [0.5, 0.6) is 0 Å². The molecule has 1 heterocycles. The Hall–Kier alpha value is -1.95. The molecular formula is C19H21ClFN2O2+. The van der Waals surface area contributed by atoms with E-state index in [-0.39, 0.29) is 17.8 Å². The quantitative estimate of drug-likeness (QED) is 0.851. The van der Waals surface area contributed by atoms with E-state index in [1.54, 1.807) is 36.4 Å².